The number of nitrogens with one attached hydrogen (secondary N) is 2. The first-order chi connectivity index (χ1) is 7.86. The molecule has 1 aromatic rings. The number of rotatable bonds is 8. The topological polar surface area (TPSA) is 37.0 Å². The van der Waals surface area contributed by atoms with Gasteiger partial charge in [0, 0.05) is 31.5 Å². The van der Waals surface area contributed by atoms with Gasteiger partial charge < -0.3 is 10.6 Å². The van der Waals surface area contributed by atoms with E-state index in [0.29, 0.717) is 0 Å². The highest BCUT2D eigenvalue weighted by Gasteiger charge is 1.94. The van der Waals surface area contributed by atoms with Crippen LogP contribution in [0.15, 0.2) is 18.3 Å². The maximum atomic E-state index is 4.17. The van der Waals surface area contributed by atoms with Crippen molar-refractivity contribution in [3.63, 3.8) is 0 Å². The summed E-state index contributed by atoms with van der Waals surface area (Å²) < 4.78 is 0. The van der Waals surface area contributed by atoms with E-state index < -0.39 is 0 Å². The molecule has 1 rings (SSSR count). The van der Waals surface area contributed by atoms with Crippen molar-refractivity contribution in [3.8, 4) is 0 Å². The molecular formula is C12H21N3S. The Hall–Kier alpha value is -0.900. The fourth-order valence-electron chi connectivity index (χ4n) is 1.46. The second-order valence-corrected chi connectivity index (χ2v) is 4.65. The van der Waals surface area contributed by atoms with E-state index in [-0.39, 0.29) is 0 Å². The van der Waals surface area contributed by atoms with Crippen LogP contribution in [-0.2, 0) is 0 Å². The Morgan fingerprint density at radius 2 is 2.19 bits per heavy atom. The third-order valence-corrected chi connectivity index (χ3v) is 3.07. The number of pyridine rings is 1. The third-order valence-electron chi connectivity index (χ3n) is 2.37. The first kappa shape index (κ1) is 13.2. The summed E-state index contributed by atoms with van der Waals surface area (Å²) in [6, 6.07) is 4.03. The van der Waals surface area contributed by atoms with E-state index in [4.69, 9.17) is 0 Å². The van der Waals surface area contributed by atoms with Crippen molar-refractivity contribution in [1.82, 2.24) is 4.98 Å². The lowest BCUT2D eigenvalue weighted by Crippen LogP contribution is -2.02. The Morgan fingerprint density at radius 1 is 1.31 bits per heavy atom. The van der Waals surface area contributed by atoms with E-state index >= 15 is 0 Å². The minimum Gasteiger partial charge on any atom is -0.385 e. The predicted octanol–water partition coefficient (Wildman–Crippen LogP) is 3.07. The highest BCUT2D eigenvalue weighted by atomic mass is 32.2. The van der Waals surface area contributed by atoms with E-state index in [9.17, 15) is 0 Å². The summed E-state index contributed by atoms with van der Waals surface area (Å²) in [4.78, 5) is 4.17. The summed E-state index contributed by atoms with van der Waals surface area (Å²) in [5.74, 6) is 2.19. The van der Waals surface area contributed by atoms with Gasteiger partial charge in [0.2, 0.25) is 0 Å². The number of thioether (sulfide) groups is 1. The number of hydrogen-bond donors (Lipinski definition) is 2. The number of aromatic nitrogens is 1. The van der Waals surface area contributed by atoms with Crippen LogP contribution in [0.1, 0.15) is 19.3 Å². The molecule has 16 heavy (non-hydrogen) atoms. The summed E-state index contributed by atoms with van der Waals surface area (Å²) in [7, 11) is 1.88. The van der Waals surface area contributed by atoms with Crippen molar-refractivity contribution in [2.24, 2.45) is 0 Å². The Balaban J connectivity index is 2.16. The van der Waals surface area contributed by atoms with E-state index in [0.717, 1.165) is 18.1 Å². The van der Waals surface area contributed by atoms with Crippen LogP contribution in [0.5, 0.6) is 0 Å². The molecule has 0 radical (unpaired) electrons. The first-order valence-corrected chi connectivity index (χ1v) is 7.13. The fraction of sp³-hybridized carbons (Fsp3) is 0.583. The third kappa shape index (κ3) is 5.26. The average molecular weight is 239 g/mol. The highest BCUT2D eigenvalue weighted by molar-refractivity contribution is 7.98. The first-order valence-electron chi connectivity index (χ1n) is 5.73. The summed E-state index contributed by atoms with van der Waals surface area (Å²) in [6.07, 6.45) is 7.84. The average Bonchev–Trinajstić information content (AvgIpc) is 2.34. The SMILES string of the molecule is CNc1cc(NCCCCCSC)ccn1. The number of hydrogen-bond acceptors (Lipinski definition) is 4. The van der Waals surface area contributed by atoms with Crippen molar-refractivity contribution < 1.29 is 0 Å². The highest BCUT2D eigenvalue weighted by Crippen LogP contribution is 2.11. The lowest BCUT2D eigenvalue weighted by atomic mass is 10.2. The van der Waals surface area contributed by atoms with Crippen LogP contribution in [0, 0.1) is 0 Å². The van der Waals surface area contributed by atoms with Gasteiger partial charge in [0.15, 0.2) is 0 Å². The molecule has 90 valence electrons. The van der Waals surface area contributed by atoms with Gasteiger partial charge in [-0.3, -0.25) is 0 Å². The Bertz CT molecular complexity index is 291. The van der Waals surface area contributed by atoms with Gasteiger partial charge in [-0.15, -0.1) is 0 Å². The molecule has 0 saturated carbocycles. The predicted molar refractivity (Wildman–Crippen MR) is 74.5 cm³/mol. The molecule has 0 saturated heterocycles. The lowest BCUT2D eigenvalue weighted by Gasteiger charge is -2.07. The number of nitrogens with zero attached hydrogens (tertiary/aromatic N) is 1. The molecule has 1 aromatic heterocycles. The molecule has 4 heteroatoms. The molecule has 0 unspecified atom stereocenters. The molecule has 1 heterocycles. The Kier molecular flexibility index (Phi) is 6.81. The minimum absolute atomic E-state index is 0.910. The zero-order chi connectivity index (χ0) is 11.6. The number of anilines is 2. The number of unbranched alkanes of at least 4 members (excludes halogenated alkanes) is 2. The molecular weight excluding hydrogens is 218 g/mol. The summed E-state index contributed by atoms with van der Waals surface area (Å²) in [6.45, 7) is 1.04. The lowest BCUT2D eigenvalue weighted by molar-refractivity contribution is 0.750. The molecule has 0 bridgehead atoms. The van der Waals surface area contributed by atoms with Crippen LogP contribution >= 0.6 is 11.8 Å². The standard InChI is InChI=1S/C12H21N3S/c1-13-12-10-11(6-8-15-12)14-7-4-3-5-9-16-2/h6,8,10H,3-5,7,9H2,1-2H3,(H2,13,14,15). The van der Waals surface area contributed by atoms with E-state index in [1.165, 1.54) is 25.0 Å². The van der Waals surface area contributed by atoms with E-state index in [2.05, 4.69) is 21.9 Å². The van der Waals surface area contributed by atoms with Gasteiger partial charge in [0.1, 0.15) is 5.82 Å². The molecule has 3 nitrogen and oxygen atoms in total. The molecule has 0 aliphatic rings. The normalized spacial score (nSPS) is 10.1. The van der Waals surface area contributed by atoms with Gasteiger partial charge in [-0.25, -0.2) is 4.98 Å². The Labute approximate surface area is 102 Å². The van der Waals surface area contributed by atoms with E-state index in [1.807, 2.05) is 37.1 Å². The van der Waals surface area contributed by atoms with Gasteiger partial charge in [0.05, 0.1) is 0 Å². The largest absolute Gasteiger partial charge is 0.385 e. The van der Waals surface area contributed by atoms with Crippen molar-refractivity contribution in [3.05, 3.63) is 18.3 Å². The van der Waals surface area contributed by atoms with Crippen LogP contribution in [-0.4, -0.2) is 30.6 Å². The van der Waals surface area contributed by atoms with Crippen molar-refractivity contribution in [1.29, 1.82) is 0 Å². The summed E-state index contributed by atoms with van der Waals surface area (Å²) >= 11 is 1.92. The quantitative estimate of drug-likeness (QED) is 0.684. The van der Waals surface area contributed by atoms with E-state index in [1.54, 1.807) is 0 Å². The van der Waals surface area contributed by atoms with Gasteiger partial charge in [-0.05, 0) is 30.9 Å². The van der Waals surface area contributed by atoms with Gasteiger partial charge in [-0.2, -0.15) is 11.8 Å². The van der Waals surface area contributed by atoms with Crippen LogP contribution in [0.2, 0.25) is 0 Å². The van der Waals surface area contributed by atoms with Crippen LogP contribution in [0.3, 0.4) is 0 Å². The van der Waals surface area contributed by atoms with Crippen molar-refractivity contribution in [2.45, 2.75) is 19.3 Å². The molecule has 0 aliphatic heterocycles. The Morgan fingerprint density at radius 3 is 2.94 bits per heavy atom. The second-order valence-electron chi connectivity index (χ2n) is 3.66. The van der Waals surface area contributed by atoms with Gasteiger partial charge >= 0.3 is 0 Å². The molecule has 0 fully saturated rings. The van der Waals surface area contributed by atoms with Crippen molar-refractivity contribution >= 4 is 23.3 Å². The molecule has 0 atom stereocenters. The summed E-state index contributed by atoms with van der Waals surface area (Å²) in [5.41, 5.74) is 1.14. The zero-order valence-corrected chi connectivity index (χ0v) is 10.9. The maximum absolute atomic E-state index is 4.17. The summed E-state index contributed by atoms with van der Waals surface area (Å²) in [5, 5.41) is 6.44. The smallest absolute Gasteiger partial charge is 0.127 e. The van der Waals surface area contributed by atoms with Crippen LogP contribution in [0.4, 0.5) is 11.5 Å². The van der Waals surface area contributed by atoms with Gasteiger partial charge in [0.25, 0.3) is 0 Å². The molecule has 0 aromatic carbocycles. The molecule has 2 N–H and O–H groups in total. The zero-order valence-electron chi connectivity index (χ0n) is 10.1. The molecule has 0 aliphatic carbocycles. The van der Waals surface area contributed by atoms with Crippen LogP contribution < -0.4 is 10.6 Å². The van der Waals surface area contributed by atoms with Crippen molar-refractivity contribution in [2.75, 3.05) is 36.2 Å². The monoisotopic (exact) mass is 239 g/mol. The van der Waals surface area contributed by atoms with Crippen LogP contribution in [0.25, 0.3) is 0 Å². The minimum atomic E-state index is 0.910. The van der Waals surface area contributed by atoms with Gasteiger partial charge in [-0.1, -0.05) is 6.42 Å². The molecule has 0 spiro atoms. The maximum Gasteiger partial charge on any atom is 0.127 e. The second kappa shape index (κ2) is 8.28. The molecule has 0 amide bonds. The fourth-order valence-corrected chi connectivity index (χ4v) is 1.95.